The second-order valence-corrected chi connectivity index (χ2v) is 7.25. The molecule has 2 aromatic carbocycles. The van der Waals surface area contributed by atoms with Crippen molar-refractivity contribution in [3.05, 3.63) is 28.8 Å². The summed E-state index contributed by atoms with van der Waals surface area (Å²) in [6, 6.07) is 3.71. The zero-order valence-electron chi connectivity index (χ0n) is 18.0. The van der Waals surface area contributed by atoms with Crippen molar-refractivity contribution in [2.75, 3.05) is 48.4 Å². The number of ether oxygens (including phenoxy) is 6. The molecule has 1 aliphatic carbocycles. The van der Waals surface area contributed by atoms with E-state index < -0.39 is 0 Å². The summed E-state index contributed by atoms with van der Waals surface area (Å²) < 4.78 is 34.1. The number of benzene rings is 2. The van der Waals surface area contributed by atoms with E-state index in [2.05, 4.69) is 0 Å². The van der Waals surface area contributed by atoms with Gasteiger partial charge in [0.15, 0.2) is 23.0 Å². The van der Waals surface area contributed by atoms with E-state index in [4.69, 9.17) is 28.4 Å². The molecule has 8 nitrogen and oxygen atoms in total. The third-order valence-corrected chi connectivity index (χ3v) is 5.75. The number of rotatable bonds is 6. The smallest absolute Gasteiger partial charge is 0.231 e. The minimum absolute atomic E-state index is 0.0914. The maximum atomic E-state index is 10.1. The molecule has 166 valence electrons. The van der Waals surface area contributed by atoms with E-state index in [0.29, 0.717) is 52.1 Å². The lowest BCUT2D eigenvalue weighted by atomic mass is 9.82. The fraction of sp³-hybridized carbons (Fsp3) is 0.391. The van der Waals surface area contributed by atoms with E-state index in [9.17, 15) is 10.2 Å². The van der Waals surface area contributed by atoms with E-state index in [0.717, 1.165) is 16.7 Å². The van der Waals surface area contributed by atoms with Gasteiger partial charge in [-0.05, 0) is 35.3 Å². The summed E-state index contributed by atoms with van der Waals surface area (Å²) in [5.74, 6) is 2.68. The summed E-state index contributed by atoms with van der Waals surface area (Å²) in [6.07, 6.45) is 2.32. The van der Waals surface area contributed by atoms with Crippen molar-refractivity contribution in [1.82, 2.24) is 0 Å². The van der Waals surface area contributed by atoms with Gasteiger partial charge in [0.05, 0.1) is 41.7 Å². The van der Waals surface area contributed by atoms with Gasteiger partial charge in [-0.15, -0.1) is 0 Å². The van der Waals surface area contributed by atoms with Crippen molar-refractivity contribution in [1.29, 1.82) is 0 Å². The van der Waals surface area contributed by atoms with E-state index >= 15 is 0 Å². The molecule has 2 N–H and O–H groups in total. The molecule has 0 unspecified atom stereocenters. The molecule has 1 heterocycles. The first-order chi connectivity index (χ1) is 15.1. The fourth-order valence-corrected chi connectivity index (χ4v) is 4.31. The Morgan fingerprint density at radius 2 is 1.65 bits per heavy atom. The van der Waals surface area contributed by atoms with Crippen LogP contribution in [0.1, 0.15) is 11.1 Å². The first-order valence-electron chi connectivity index (χ1n) is 9.86. The van der Waals surface area contributed by atoms with Gasteiger partial charge >= 0.3 is 0 Å². The molecule has 4 rings (SSSR count). The van der Waals surface area contributed by atoms with E-state index in [1.165, 1.54) is 0 Å². The van der Waals surface area contributed by atoms with E-state index in [-0.39, 0.29) is 25.9 Å². The predicted molar refractivity (Wildman–Crippen MR) is 114 cm³/mol. The molecule has 0 saturated heterocycles. The van der Waals surface area contributed by atoms with Gasteiger partial charge in [-0.2, -0.15) is 0 Å². The average molecular weight is 430 g/mol. The van der Waals surface area contributed by atoms with Crippen LogP contribution in [0.4, 0.5) is 0 Å². The van der Waals surface area contributed by atoms with Crippen LogP contribution in [0.5, 0.6) is 34.5 Å². The highest BCUT2D eigenvalue weighted by Gasteiger charge is 2.33. The molecule has 0 fully saturated rings. The van der Waals surface area contributed by atoms with Crippen LogP contribution in [0.3, 0.4) is 0 Å². The molecule has 1 atom stereocenters. The summed E-state index contributed by atoms with van der Waals surface area (Å²) in [6.45, 7) is -0.227. The fourth-order valence-electron chi connectivity index (χ4n) is 4.31. The summed E-state index contributed by atoms with van der Waals surface area (Å²) >= 11 is 0. The molecular formula is C23H26O8. The quantitative estimate of drug-likeness (QED) is 0.722. The van der Waals surface area contributed by atoms with Crippen LogP contribution in [-0.4, -0.2) is 58.7 Å². The highest BCUT2D eigenvalue weighted by Crippen LogP contribution is 2.56. The average Bonchev–Trinajstić information content (AvgIpc) is 3.26. The van der Waals surface area contributed by atoms with E-state index in [1.807, 2.05) is 18.2 Å². The minimum atomic E-state index is -0.291. The van der Waals surface area contributed by atoms with Gasteiger partial charge in [0.1, 0.15) is 0 Å². The summed E-state index contributed by atoms with van der Waals surface area (Å²) in [7, 11) is 6.22. The van der Waals surface area contributed by atoms with Crippen LogP contribution >= 0.6 is 0 Å². The standard InChI is InChI=1S/C23H26O8/c1-26-16-7-12-5-14(9-24)15(10-25)6-13-8-17-21(31-11-30-17)23(29-4)19(13)18(12)22(28-3)20(16)27-2/h5,7-8,15,24-25H,6,9-11H2,1-4H3/b14-5-/t15-/m1/s1. The van der Waals surface area contributed by atoms with Gasteiger partial charge in [-0.1, -0.05) is 6.08 Å². The molecule has 1 aliphatic heterocycles. The lowest BCUT2D eigenvalue weighted by molar-refractivity contribution is 0.171. The number of aliphatic hydroxyl groups excluding tert-OH is 2. The van der Waals surface area contributed by atoms with Crippen LogP contribution in [-0.2, 0) is 6.42 Å². The topological polar surface area (TPSA) is 95.8 Å². The zero-order chi connectivity index (χ0) is 22.1. The highest BCUT2D eigenvalue weighted by atomic mass is 16.7. The number of fused-ring (bicyclic) bond motifs is 4. The normalized spacial score (nSPS) is 18.1. The Labute approximate surface area is 180 Å². The highest BCUT2D eigenvalue weighted by molar-refractivity contribution is 5.92. The van der Waals surface area contributed by atoms with Gasteiger partial charge < -0.3 is 38.6 Å². The maximum absolute atomic E-state index is 10.1. The molecule has 2 aromatic rings. The second kappa shape index (κ2) is 8.56. The van der Waals surface area contributed by atoms with Crippen LogP contribution in [0.15, 0.2) is 17.7 Å². The zero-order valence-corrected chi connectivity index (χ0v) is 18.0. The third kappa shape index (κ3) is 3.32. The minimum Gasteiger partial charge on any atom is -0.493 e. The molecule has 0 spiro atoms. The first-order valence-corrected chi connectivity index (χ1v) is 9.86. The maximum Gasteiger partial charge on any atom is 0.231 e. The second-order valence-electron chi connectivity index (χ2n) is 7.25. The number of hydrogen-bond acceptors (Lipinski definition) is 8. The predicted octanol–water partition coefficient (Wildman–Crippen LogP) is 2.66. The summed E-state index contributed by atoms with van der Waals surface area (Å²) in [5.41, 5.74) is 3.76. The molecule has 0 bridgehead atoms. The van der Waals surface area contributed by atoms with Crippen LogP contribution in [0.2, 0.25) is 0 Å². The Morgan fingerprint density at radius 3 is 2.26 bits per heavy atom. The Balaban J connectivity index is 2.17. The van der Waals surface area contributed by atoms with E-state index in [1.54, 1.807) is 28.4 Å². The van der Waals surface area contributed by atoms with Crippen LogP contribution in [0, 0.1) is 5.92 Å². The van der Waals surface area contributed by atoms with Gasteiger partial charge in [0, 0.05) is 17.0 Å². The van der Waals surface area contributed by atoms with Crippen molar-refractivity contribution in [3.8, 4) is 45.6 Å². The Morgan fingerprint density at radius 1 is 0.903 bits per heavy atom. The first kappa shape index (κ1) is 21.1. The Bertz CT molecular complexity index is 1030. The molecule has 0 aromatic heterocycles. The Hall–Kier alpha value is -3.10. The largest absolute Gasteiger partial charge is 0.493 e. The van der Waals surface area contributed by atoms with Crippen molar-refractivity contribution < 1.29 is 38.6 Å². The molecular weight excluding hydrogens is 404 g/mol. The third-order valence-electron chi connectivity index (χ3n) is 5.75. The van der Waals surface area contributed by atoms with Gasteiger partial charge in [-0.3, -0.25) is 0 Å². The Kier molecular flexibility index (Phi) is 5.84. The molecule has 0 saturated carbocycles. The van der Waals surface area contributed by atoms with Crippen LogP contribution < -0.4 is 28.4 Å². The van der Waals surface area contributed by atoms with Gasteiger partial charge in [0.25, 0.3) is 0 Å². The lowest BCUT2D eigenvalue weighted by Gasteiger charge is -2.27. The van der Waals surface area contributed by atoms with Gasteiger partial charge in [-0.25, -0.2) is 0 Å². The molecule has 0 amide bonds. The van der Waals surface area contributed by atoms with Crippen molar-refractivity contribution in [2.24, 2.45) is 5.92 Å². The molecule has 2 aliphatic rings. The molecule has 8 heteroatoms. The number of hydrogen-bond donors (Lipinski definition) is 2. The van der Waals surface area contributed by atoms with Crippen LogP contribution in [0.25, 0.3) is 17.2 Å². The van der Waals surface area contributed by atoms with Crippen molar-refractivity contribution in [2.45, 2.75) is 6.42 Å². The van der Waals surface area contributed by atoms with Gasteiger partial charge in [0.2, 0.25) is 18.3 Å². The summed E-state index contributed by atoms with van der Waals surface area (Å²) in [5, 5.41) is 20.1. The van der Waals surface area contributed by atoms with Crippen molar-refractivity contribution >= 4 is 6.08 Å². The monoisotopic (exact) mass is 430 g/mol. The van der Waals surface area contributed by atoms with Crippen molar-refractivity contribution in [3.63, 3.8) is 0 Å². The number of aliphatic hydroxyl groups is 2. The number of methoxy groups -OCH3 is 4. The SMILES string of the molecule is COc1cc2c(c(OC)c1OC)-c1c(cc3c(c1OC)OCO3)C[C@H](CO)/C(CO)=C\2. The molecule has 31 heavy (non-hydrogen) atoms. The summed E-state index contributed by atoms with van der Waals surface area (Å²) in [4.78, 5) is 0. The lowest BCUT2D eigenvalue weighted by Crippen LogP contribution is -2.18. The molecule has 0 radical (unpaired) electrons.